The minimum absolute atomic E-state index is 0.146. The number of esters is 1. The van der Waals surface area contributed by atoms with E-state index in [4.69, 9.17) is 16.3 Å². The first-order valence-corrected chi connectivity index (χ1v) is 9.85. The fraction of sp³-hybridized carbons (Fsp3) is 0.227. The number of hydrogen-bond acceptors (Lipinski definition) is 4. The molecule has 2 aromatic carbocycles. The minimum Gasteiger partial charge on any atom is -0.465 e. The largest absolute Gasteiger partial charge is 0.465 e. The van der Waals surface area contributed by atoms with Gasteiger partial charge in [0.1, 0.15) is 11.6 Å². The molecule has 160 valence electrons. The van der Waals surface area contributed by atoms with E-state index in [9.17, 15) is 18.4 Å². The Bertz CT molecular complexity index is 1190. The van der Waals surface area contributed by atoms with E-state index in [1.54, 1.807) is 15.8 Å². The summed E-state index contributed by atoms with van der Waals surface area (Å²) in [5, 5.41) is 4.69. The van der Waals surface area contributed by atoms with Crippen LogP contribution in [0.3, 0.4) is 0 Å². The molecule has 0 saturated heterocycles. The molecule has 1 aliphatic rings. The van der Waals surface area contributed by atoms with E-state index in [2.05, 4.69) is 5.10 Å². The fourth-order valence-electron chi connectivity index (χ4n) is 3.66. The van der Waals surface area contributed by atoms with E-state index in [1.165, 1.54) is 37.4 Å². The Morgan fingerprint density at radius 3 is 2.68 bits per heavy atom. The highest BCUT2D eigenvalue weighted by atomic mass is 35.5. The van der Waals surface area contributed by atoms with Crippen molar-refractivity contribution in [2.45, 2.75) is 26.1 Å². The Labute approximate surface area is 182 Å². The lowest BCUT2D eigenvalue weighted by atomic mass is 10.1. The molecule has 2 heterocycles. The summed E-state index contributed by atoms with van der Waals surface area (Å²) in [6.07, 6.45) is 1.75. The van der Waals surface area contributed by atoms with Crippen molar-refractivity contribution in [3.8, 4) is 0 Å². The first-order chi connectivity index (χ1) is 14.8. The summed E-state index contributed by atoms with van der Waals surface area (Å²) in [6, 6.07) is 7.51. The van der Waals surface area contributed by atoms with Crippen LogP contribution in [0.25, 0.3) is 0 Å². The molecule has 0 bridgehead atoms. The molecular weight excluding hydrogens is 428 g/mol. The van der Waals surface area contributed by atoms with Crippen molar-refractivity contribution in [3.63, 3.8) is 0 Å². The Hall–Kier alpha value is -3.26. The standard InChI is InChI=1S/C22H18ClF2N3O3/c1-12-17-10-27(9-14-3-5-15(24)8-19(14)25)26-20(17)11-28(12)21(29)16-7-13(22(30)31-2)4-6-18(16)23/h3-8,10,12H,9,11H2,1-2H3. The third-order valence-corrected chi connectivity index (χ3v) is 5.66. The summed E-state index contributed by atoms with van der Waals surface area (Å²) < 4.78 is 33.3. The zero-order valence-corrected chi connectivity index (χ0v) is 17.5. The van der Waals surface area contributed by atoms with E-state index in [-0.39, 0.29) is 41.2 Å². The number of hydrogen-bond donors (Lipinski definition) is 0. The minimum atomic E-state index is -0.638. The fourth-order valence-corrected chi connectivity index (χ4v) is 3.85. The van der Waals surface area contributed by atoms with Crippen LogP contribution in [-0.4, -0.2) is 33.7 Å². The topological polar surface area (TPSA) is 64.4 Å². The van der Waals surface area contributed by atoms with Crippen LogP contribution in [0.2, 0.25) is 5.02 Å². The number of aromatic nitrogens is 2. The maximum Gasteiger partial charge on any atom is 0.337 e. The molecule has 31 heavy (non-hydrogen) atoms. The van der Waals surface area contributed by atoms with Gasteiger partial charge in [-0.15, -0.1) is 0 Å². The smallest absolute Gasteiger partial charge is 0.337 e. The molecule has 9 heteroatoms. The molecule has 3 aromatic rings. The zero-order valence-electron chi connectivity index (χ0n) is 16.7. The van der Waals surface area contributed by atoms with Gasteiger partial charge >= 0.3 is 5.97 Å². The van der Waals surface area contributed by atoms with Crippen LogP contribution in [0.15, 0.2) is 42.6 Å². The lowest BCUT2D eigenvalue weighted by molar-refractivity contribution is 0.0600. The van der Waals surface area contributed by atoms with Gasteiger partial charge in [0.05, 0.1) is 48.1 Å². The van der Waals surface area contributed by atoms with E-state index in [0.29, 0.717) is 11.3 Å². The van der Waals surface area contributed by atoms with Crippen molar-refractivity contribution < 1.29 is 23.1 Å². The highest BCUT2D eigenvalue weighted by molar-refractivity contribution is 6.34. The number of amides is 1. The summed E-state index contributed by atoms with van der Waals surface area (Å²) in [5.41, 5.74) is 2.25. The maximum absolute atomic E-state index is 13.9. The van der Waals surface area contributed by atoms with Gasteiger partial charge in [-0.05, 0) is 31.2 Å². The second-order valence-electron chi connectivity index (χ2n) is 7.26. The molecule has 0 fully saturated rings. The molecule has 4 rings (SSSR count). The van der Waals surface area contributed by atoms with E-state index >= 15 is 0 Å². The maximum atomic E-state index is 13.9. The summed E-state index contributed by atoms with van der Waals surface area (Å²) in [5.74, 6) is -2.17. The van der Waals surface area contributed by atoms with Crippen molar-refractivity contribution in [2.75, 3.05) is 7.11 Å². The van der Waals surface area contributed by atoms with Crippen LogP contribution in [0.1, 0.15) is 50.5 Å². The van der Waals surface area contributed by atoms with Gasteiger partial charge in [-0.2, -0.15) is 5.10 Å². The Kier molecular flexibility index (Phi) is 5.49. The van der Waals surface area contributed by atoms with Gasteiger partial charge in [-0.25, -0.2) is 13.6 Å². The highest BCUT2D eigenvalue weighted by Crippen LogP contribution is 2.35. The van der Waals surface area contributed by atoms with E-state index in [1.807, 2.05) is 6.92 Å². The van der Waals surface area contributed by atoms with Gasteiger partial charge in [-0.3, -0.25) is 9.48 Å². The molecule has 0 radical (unpaired) electrons. The zero-order chi connectivity index (χ0) is 22.3. The predicted octanol–water partition coefficient (Wildman–Crippen LogP) is 4.37. The average molecular weight is 446 g/mol. The molecule has 1 unspecified atom stereocenters. The van der Waals surface area contributed by atoms with Crippen molar-refractivity contribution in [1.82, 2.24) is 14.7 Å². The molecule has 0 saturated carbocycles. The van der Waals surface area contributed by atoms with E-state index < -0.39 is 17.6 Å². The third kappa shape index (κ3) is 3.90. The highest BCUT2D eigenvalue weighted by Gasteiger charge is 2.34. The summed E-state index contributed by atoms with van der Waals surface area (Å²) in [6.45, 7) is 2.24. The number of fused-ring (bicyclic) bond motifs is 1. The van der Waals surface area contributed by atoms with Gasteiger partial charge in [-0.1, -0.05) is 17.7 Å². The molecule has 6 nitrogen and oxygen atoms in total. The Morgan fingerprint density at radius 1 is 1.23 bits per heavy atom. The monoisotopic (exact) mass is 445 g/mol. The average Bonchev–Trinajstić information content (AvgIpc) is 3.28. The normalized spacial score (nSPS) is 15.1. The Morgan fingerprint density at radius 2 is 2.00 bits per heavy atom. The van der Waals surface area contributed by atoms with Crippen LogP contribution in [0, 0.1) is 11.6 Å². The van der Waals surface area contributed by atoms with Gasteiger partial charge in [0.2, 0.25) is 0 Å². The first-order valence-electron chi connectivity index (χ1n) is 9.47. The predicted molar refractivity (Wildman–Crippen MR) is 109 cm³/mol. The van der Waals surface area contributed by atoms with E-state index in [0.717, 1.165) is 11.6 Å². The summed E-state index contributed by atoms with van der Waals surface area (Å²) >= 11 is 6.21. The molecule has 1 amide bonds. The second kappa shape index (κ2) is 8.11. The SMILES string of the molecule is COC(=O)c1ccc(Cl)c(C(=O)N2Cc3nn(Cc4ccc(F)cc4F)cc3C2C)c1. The second-order valence-corrected chi connectivity index (χ2v) is 7.67. The molecule has 1 aromatic heterocycles. The lowest BCUT2D eigenvalue weighted by Crippen LogP contribution is -2.29. The number of methoxy groups -OCH3 is 1. The first kappa shape index (κ1) is 21.0. The number of nitrogens with zero attached hydrogens (tertiary/aromatic N) is 3. The molecule has 1 aliphatic heterocycles. The van der Waals surface area contributed by atoms with Crippen LogP contribution >= 0.6 is 11.6 Å². The van der Waals surface area contributed by atoms with Gasteiger partial charge in [0.15, 0.2) is 0 Å². The quantitative estimate of drug-likeness (QED) is 0.559. The lowest BCUT2D eigenvalue weighted by Gasteiger charge is -2.23. The molecule has 1 atom stereocenters. The molecular formula is C22H18ClF2N3O3. The molecule has 0 N–H and O–H groups in total. The van der Waals surface area contributed by atoms with Gasteiger partial charge in [0, 0.05) is 23.4 Å². The third-order valence-electron chi connectivity index (χ3n) is 5.33. The molecule has 0 aliphatic carbocycles. The van der Waals surface area contributed by atoms with Gasteiger partial charge in [0.25, 0.3) is 5.91 Å². The number of carbonyl (C=O) groups is 2. The number of ether oxygens (including phenoxy) is 1. The number of carbonyl (C=O) groups excluding carboxylic acids is 2. The molecule has 0 spiro atoms. The number of rotatable bonds is 4. The van der Waals surface area contributed by atoms with Crippen LogP contribution in [0.5, 0.6) is 0 Å². The number of halogens is 3. The van der Waals surface area contributed by atoms with Crippen molar-refractivity contribution in [1.29, 1.82) is 0 Å². The van der Waals surface area contributed by atoms with Crippen LogP contribution in [-0.2, 0) is 17.8 Å². The number of benzene rings is 2. The van der Waals surface area contributed by atoms with Crippen molar-refractivity contribution in [2.24, 2.45) is 0 Å². The van der Waals surface area contributed by atoms with Crippen LogP contribution in [0.4, 0.5) is 8.78 Å². The van der Waals surface area contributed by atoms with Crippen LogP contribution < -0.4 is 0 Å². The summed E-state index contributed by atoms with van der Waals surface area (Å²) in [7, 11) is 1.26. The van der Waals surface area contributed by atoms with Crippen molar-refractivity contribution in [3.05, 3.63) is 87.2 Å². The summed E-state index contributed by atoms with van der Waals surface area (Å²) in [4.78, 5) is 26.5. The van der Waals surface area contributed by atoms with Crippen molar-refractivity contribution >= 4 is 23.5 Å². The van der Waals surface area contributed by atoms with Gasteiger partial charge < -0.3 is 9.64 Å². The Balaban J connectivity index is 1.55.